The van der Waals surface area contributed by atoms with Crippen LogP contribution in [0.2, 0.25) is 0 Å². The first-order valence-corrected chi connectivity index (χ1v) is 8.52. The Hall–Kier alpha value is -2.46. The lowest BCUT2D eigenvalue weighted by molar-refractivity contribution is 0.576. The third-order valence-electron chi connectivity index (χ3n) is 3.90. The lowest BCUT2D eigenvalue weighted by atomic mass is 10.1. The van der Waals surface area contributed by atoms with Crippen molar-refractivity contribution >= 4 is 0 Å². The molecular formula is C20H24N4. The lowest BCUT2D eigenvalue weighted by Gasteiger charge is -2.02. The Morgan fingerprint density at radius 2 is 1.83 bits per heavy atom. The second-order valence-electron chi connectivity index (χ2n) is 6.06. The van der Waals surface area contributed by atoms with Crippen LogP contribution in [0.25, 0.3) is 11.3 Å². The average molecular weight is 320 g/mol. The van der Waals surface area contributed by atoms with E-state index in [0.29, 0.717) is 6.54 Å². The highest BCUT2D eigenvalue weighted by molar-refractivity contribution is 5.60. The molecule has 0 saturated carbocycles. The summed E-state index contributed by atoms with van der Waals surface area (Å²) in [6.07, 6.45) is 1.11. The van der Waals surface area contributed by atoms with E-state index < -0.39 is 0 Å². The van der Waals surface area contributed by atoms with E-state index in [4.69, 9.17) is 10.2 Å². The van der Waals surface area contributed by atoms with E-state index in [9.17, 15) is 0 Å². The molecule has 2 aromatic carbocycles. The quantitative estimate of drug-likeness (QED) is 0.673. The van der Waals surface area contributed by atoms with Gasteiger partial charge in [-0.05, 0) is 25.5 Å². The number of aromatic nitrogens is 3. The van der Waals surface area contributed by atoms with Crippen LogP contribution in [0.15, 0.2) is 54.6 Å². The van der Waals surface area contributed by atoms with Crippen LogP contribution in [-0.4, -0.2) is 21.5 Å². The van der Waals surface area contributed by atoms with Crippen molar-refractivity contribution in [1.82, 2.24) is 20.3 Å². The summed E-state index contributed by atoms with van der Waals surface area (Å²) < 4.78 is 0. The summed E-state index contributed by atoms with van der Waals surface area (Å²) in [5.74, 6) is 0. The first-order chi connectivity index (χ1) is 11.8. The standard InChI is InChI=1S/C20H24N4/c1-3-12-21-14-19-20(18-10-5-4-6-11-18)23-24(22-19)15-17-9-7-8-16(2)13-17/h4-11,13,21H,3,12,14-15H2,1-2H3. The number of nitrogens with one attached hydrogen (secondary N) is 1. The third-order valence-corrected chi connectivity index (χ3v) is 3.90. The number of hydrogen-bond donors (Lipinski definition) is 1. The van der Waals surface area contributed by atoms with Crippen molar-refractivity contribution in [3.8, 4) is 11.3 Å². The average Bonchev–Trinajstić information content (AvgIpc) is 2.99. The fourth-order valence-corrected chi connectivity index (χ4v) is 2.75. The molecule has 0 aliphatic rings. The van der Waals surface area contributed by atoms with Gasteiger partial charge in [-0.25, -0.2) is 0 Å². The first-order valence-electron chi connectivity index (χ1n) is 8.52. The predicted molar refractivity (Wildman–Crippen MR) is 97.7 cm³/mol. The van der Waals surface area contributed by atoms with Gasteiger partial charge in [0.1, 0.15) is 11.4 Å². The van der Waals surface area contributed by atoms with Crippen molar-refractivity contribution in [2.24, 2.45) is 0 Å². The van der Waals surface area contributed by atoms with Crippen LogP contribution in [0.3, 0.4) is 0 Å². The van der Waals surface area contributed by atoms with Crippen molar-refractivity contribution in [2.75, 3.05) is 6.54 Å². The molecule has 24 heavy (non-hydrogen) atoms. The van der Waals surface area contributed by atoms with Gasteiger partial charge in [-0.3, -0.25) is 0 Å². The van der Waals surface area contributed by atoms with Gasteiger partial charge < -0.3 is 5.32 Å². The van der Waals surface area contributed by atoms with E-state index in [1.165, 1.54) is 11.1 Å². The molecule has 0 amide bonds. The lowest BCUT2D eigenvalue weighted by Crippen LogP contribution is -2.15. The van der Waals surface area contributed by atoms with Gasteiger partial charge in [0.2, 0.25) is 0 Å². The van der Waals surface area contributed by atoms with Crippen molar-refractivity contribution in [2.45, 2.75) is 33.4 Å². The largest absolute Gasteiger partial charge is 0.311 e. The van der Waals surface area contributed by atoms with Crippen LogP contribution >= 0.6 is 0 Å². The van der Waals surface area contributed by atoms with Gasteiger partial charge in [0.15, 0.2) is 0 Å². The normalized spacial score (nSPS) is 10.9. The zero-order chi connectivity index (χ0) is 16.8. The summed E-state index contributed by atoms with van der Waals surface area (Å²) in [7, 11) is 0. The van der Waals surface area contributed by atoms with E-state index in [-0.39, 0.29) is 0 Å². The smallest absolute Gasteiger partial charge is 0.117 e. The van der Waals surface area contributed by atoms with Crippen LogP contribution < -0.4 is 5.32 Å². The summed E-state index contributed by atoms with van der Waals surface area (Å²) in [4.78, 5) is 1.81. The van der Waals surface area contributed by atoms with Gasteiger partial charge >= 0.3 is 0 Å². The third kappa shape index (κ3) is 4.09. The van der Waals surface area contributed by atoms with Gasteiger partial charge in [0, 0.05) is 12.1 Å². The van der Waals surface area contributed by atoms with Crippen LogP contribution in [-0.2, 0) is 13.1 Å². The Labute approximate surface area is 143 Å². The van der Waals surface area contributed by atoms with Gasteiger partial charge in [-0.1, -0.05) is 67.1 Å². The monoisotopic (exact) mass is 320 g/mol. The molecule has 1 N–H and O–H groups in total. The Morgan fingerprint density at radius 1 is 1.00 bits per heavy atom. The molecule has 0 spiro atoms. The molecule has 0 atom stereocenters. The zero-order valence-electron chi connectivity index (χ0n) is 14.4. The minimum absolute atomic E-state index is 0.690. The van der Waals surface area contributed by atoms with E-state index in [1.807, 2.05) is 18.2 Å². The minimum Gasteiger partial charge on any atom is -0.311 e. The summed E-state index contributed by atoms with van der Waals surface area (Å²) in [6.45, 7) is 6.69. The summed E-state index contributed by atoms with van der Waals surface area (Å²) in [5, 5.41) is 12.9. The summed E-state index contributed by atoms with van der Waals surface area (Å²) in [6, 6.07) is 18.8. The Kier molecular flexibility index (Phi) is 5.39. The molecule has 1 aromatic heterocycles. The molecule has 4 heteroatoms. The maximum absolute atomic E-state index is 4.75. The maximum atomic E-state index is 4.75. The molecule has 3 rings (SSSR count). The Morgan fingerprint density at radius 3 is 2.58 bits per heavy atom. The Balaban J connectivity index is 1.87. The topological polar surface area (TPSA) is 42.7 Å². The number of hydrogen-bond acceptors (Lipinski definition) is 3. The summed E-state index contributed by atoms with van der Waals surface area (Å²) in [5.41, 5.74) is 5.56. The molecule has 124 valence electrons. The molecule has 3 aromatic rings. The van der Waals surface area contributed by atoms with Gasteiger partial charge in [-0.2, -0.15) is 15.0 Å². The number of rotatable bonds is 7. The molecule has 0 unspecified atom stereocenters. The van der Waals surface area contributed by atoms with Crippen molar-refractivity contribution < 1.29 is 0 Å². The van der Waals surface area contributed by atoms with Gasteiger partial charge in [0.25, 0.3) is 0 Å². The highest BCUT2D eigenvalue weighted by Gasteiger charge is 2.13. The van der Waals surface area contributed by atoms with E-state index in [2.05, 4.69) is 55.6 Å². The van der Waals surface area contributed by atoms with Crippen molar-refractivity contribution in [3.05, 3.63) is 71.4 Å². The van der Waals surface area contributed by atoms with Gasteiger partial charge in [-0.15, -0.1) is 0 Å². The second kappa shape index (κ2) is 7.88. The highest BCUT2D eigenvalue weighted by Crippen LogP contribution is 2.20. The van der Waals surface area contributed by atoms with E-state index in [0.717, 1.165) is 36.5 Å². The summed E-state index contributed by atoms with van der Waals surface area (Å²) >= 11 is 0. The predicted octanol–water partition coefficient (Wildman–Crippen LogP) is 3.80. The van der Waals surface area contributed by atoms with Crippen LogP contribution in [0.1, 0.15) is 30.2 Å². The fourth-order valence-electron chi connectivity index (χ4n) is 2.75. The van der Waals surface area contributed by atoms with Crippen LogP contribution in [0.5, 0.6) is 0 Å². The fraction of sp³-hybridized carbons (Fsp3) is 0.300. The first kappa shape index (κ1) is 16.4. The number of nitrogens with zero attached hydrogens (tertiary/aromatic N) is 3. The highest BCUT2D eigenvalue weighted by atomic mass is 15.5. The Bertz CT molecular complexity index is 777. The molecule has 0 aliphatic heterocycles. The van der Waals surface area contributed by atoms with E-state index >= 15 is 0 Å². The van der Waals surface area contributed by atoms with Crippen LogP contribution in [0.4, 0.5) is 0 Å². The molecule has 1 heterocycles. The minimum atomic E-state index is 0.690. The molecule has 0 fully saturated rings. The second-order valence-corrected chi connectivity index (χ2v) is 6.06. The van der Waals surface area contributed by atoms with Crippen molar-refractivity contribution in [3.63, 3.8) is 0 Å². The molecular weight excluding hydrogens is 296 g/mol. The molecule has 4 nitrogen and oxygen atoms in total. The zero-order valence-corrected chi connectivity index (χ0v) is 14.4. The van der Waals surface area contributed by atoms with Crippen molar-refractivity contribution in [1.29, 1.82) is 0 Å². The molecule has 0 radical (unpaired) electrons. The van der Waals surface area contributed by atoms with E-state index in [1.54, 1.807) is 4.80 Å². The molecule has 0 bridgehead atoms. The van der Waals surface area contributed by atoms with Crippen LogP contribution in [0, 0.1) is 6.92 Å². The number of benzene rings is 2. The SMILES string of the molecule is CCCNCc1nn(Cc2cccc(C)c2)nc1-c1ccccc1. The molecule has 0 saturated heterocycles. The number of aryl methyl sites for hydroxylation is 1. The maximum Gasteiger partial charge on any atom is 0.117 e. The molecule has 0 aliphatic carbocycles. The van der Waals surface area contributed by atoms with Gasteiger partial charge in [0.05, 0.1) is 6.54 Å².